The molecule has 0 bridgehead atoms. The van der Waals surface area contributed by atoms with Crippen LogP contribution in [0.2, 0.25) is 0 Å². The van der Waals surface area contributed by atoms with Crippen LogP contribution in [0, 0.1) is 11.8 Å². The third kappa shape index (κ3) is 3.05. The van der Waals surface area contributed by atoms with Crippen LogP contribution < -0.4 is 5.73 Å². The van der Waals surface area contributed by atoms with Gasteiger partial charge in [-0.15, -0.1) is 0 Å². The Labute approximate surface area is 96.7 Å². The minimum Gasteiger partial charge on any atom is -0.328 e. The number of rotatable bonds is 3. The van der Waals surface area contributed by atoms with Gasteiger partial charge in [0, 0.05) is 6.04 Å². The molecule has 0 radical (unpaired) electrons. The fourth-order valence-corrected chi connectivity index (χ4v) is 3.34. The Hall–Kier alpha value is -0.340. The summed E-state index contributed by atoms with van der Waals surface area (Å²) in [5, 5.41) is 4.44. The van der Waals surface area contributed by atoms with Crippen molar-refractivity contribution in [2.45, 2.75) is 45.1 Å². The smallest absolute Gasteiger partial charge is 0.00416 e. The average molecular weight is 223 g/mol. The van der Waals surface area contributed by atoms with E-state index >= 15 is 0 Å². The predicted molar refractivity (Wildman–Crippen MR) is 67.1 cm³/mol. The zero-order valence-corrected chi connectivity index (χ0v) is 10.3. The van der Waals surface area contributed by atoms with E-state index in [9.17, 15) is 0 Å². The first-order valence-corrected chi connectivity index (χ1v) is 6.96. The molecular formula is C13H21NS. The highest BCUT2D eigenvalue weighted by Crippen LogP contribution is 2.32. The van der Waals surface area contributed by atoms with Crippen LogP contribution in [-0.2, 0) is 6.42 Å². The summed E-state index contributed by atoms with van der Waals surface area (Å²) in [7, 11) is 0. The van der Waals surface area contributed by atoms with Crippen LogP contribution >= 0.6 is 11.3 Å². The molecule has 1 aliphatic carbocycles. The van der Waals surface area contributed by atoms with E-state index in [1.165, 1.54) is 37.7 Å². The van der Waals surface area contributed by atoms with Crippen molar-refractivity contribution in [1.82, 2.24) is 0 Å². The topological polar surface area (TPSA) is 26.0 Å². The van der Waals surface area contributed by atoms with Crippen LogP contribution in [0.15, 0.2) is 16.8 Å². The van der Waals surface area contributed by atoms with Crippen LogP contribution in [0.3, 0.4) is 0 Å². The lowest BCUT2D eigenvalue weighted by atomic mass is 9.76. The highest BCUT2D eigenvalue weighted by molar-refractivity contribution is 7.07. The first kappa shape index (κ1) is 11.2. The van der Waals surface area contributed by atoms with Gasteiger partial charge in [0.2, 0.25) is 0 Å². The third-order valence-electron chi connectivity index (χ3n) is 3.79. The quantitative estimate of drug-likeness (QED) is 0.834. The lowest BCUT2D eigenvalue weighted by Gasteiger charge is -2.32. The molecule has 0 aromatic carbocycles. The van der Waals surface area contributed by atoms with Crippen LogP contribution in [0.1, 0.15) is 38.2 Å². The summed E-state index contributed by atoms with van der Waals surface area (Å²) in [6.45, 7) is 2.39. The Morgan fingerprint density at radius 3 is 3.07 bits per heavy atom. The van der Waals surface area contributed by atoms with Gasteiger partial charge in [0.1, 0.15) is 0 Å². The van der Waals surface area contributed by atoms with Gasteiger partial charge in [0.15, 0.2) is 0 Å². The lowest BCUT2D eigenvalue weighted by Crippen LogP contribution is -2.32. The van der Waals surface area contributed by atoms with Gasteiger partial charge < -0.3 is 5.73 Å². The third-order valence-corrected chi connectivity index (χ3v) is 4.52. The second-order valence-corrected chi connectivity index (χ2v) is 5.76. The summed E-state index contributed by atoms with van der Waals surface area (Å²) in [4.78, 5) is 0. The molecule has 3 atom stereocenters. The van der Waals surface area contributed by atoms with E-state index in [-0.39, 0.29) is 0 Å². The Balaban J connectivity index is 1.82. The maximum Gasteiger partial charge on any atom is 0.00416 e. The van der Waals surface area contributed by atoms with E-state index in [2.05, 4.69) is 23.8 Å². The van der Waals surface area contributed by atoms with E-state index in [4.69, 9.17) is 5.73 Å². The van der Waals surface area contributed by atoms with Gasteiger partial charge in [-0.25, -0.2) is 0 Å². The standard InChI is InChI=1S/C13H21NS/c1-10-2-5-13(14)8-12(10)4-3-11-6-7-15-9-11/h6-7,9-10,12-13H,2-5,8,14H2,1H3. The maximum absolute atomic E-state index is 6.04. The molecule has 1 aromatic heterocycles. The highest BCUT2D eigenvalue weighted by atomic mass is 32.1. The second-order valence-electron chi connectivity index (χ2n) is 4.98. The first-order chi connectivity index (χ1) is 7.25. The van der Waals surface area contributed by atoms with Crippen molar-refractivity contribution in [2.75, 3.05) is 0 Å². The van der Waals surface area contributed by atoms with Gasteiger partial charge in [0.25, 0.3) is 0 Å². The summed E-state index contributed by atoms with van der Waals surface area (Å²) in [6, 6.07) is 2.71. The van der Waals surface area contributed by atoms with E-state index in [1.807, 2.05) is 0 Å². The molecule has 2 rings (SSSR count). The molecule has 84 valence electrons. The number of thiophene rings is 1. The summed E-state index contributed by atoms with van der Waals surface area (Å²) in [6.07, 6.45) is 6.37. The number of nitrogens with two attached hydrogens (primary N) is 1. The summed E-state index contributed by atoms with van der Waals surface area (Å²) in [5.74, 6) is 1.73. The molecule has 1 aliphatic rings. The highest BCUT2D eigenvalue weighted by Gasteiger charge is 2.25. The molecule has 3 unspecified atom stereocenters. The predicted octanol–water partition coefficient (Wildman–Crippen LogP) is 3.44. The zero-order valence-electron chi connectivity index (χ0n) is 9.49. The first-order valence-electron chi connectivity index (χ1n) is 6.02. The lowest BCUT2D eigenvalue weighted by molar-refractivity contribution is 0.220. The summed E-state index contributed by atoms with van der Waals surface area (Å²) in [5.41, 5.74) is 7.54. The average Bonchev–Trinajstić information content (AvgIpc) is 2.72. The number of aryl methyl sites for hydroxylation is 1. The fourth-order valence-electron chi connectivity index (χ4n) is 2.64. The molecule has 2 heteroatoms. The molecule has 15 heavy (non-hydrogen) atoms. The van der Waals surface area contributed by atoms with Crippen molar-refractivity contribution in [3.8, 4) is 0 Å². The van der Waals surface area contributed by atoms with Gasteiger partial charge in [-0.05, 0) is 66.3 Å². The maximum atomic E-state index is 6.04. The Morgan fingerprint density at radius 1 is 1.47 bits per heavy atom. The van der Waals surface area contributed by atoms with Gasteiger partial charge in [-0.2, -0.15) is 11.3 Å². The minimum absolute atomic E-state index is 0.466. The molecule has 1 heterocycles. The molecule has 0 saturated heterocycles. The molecule has 1 fully saturated rings. The molecule has 1 nitrogen and oxygen atoms in total. The molecule has 1 aromatic rings. The van der Waals surface area contributed by atoms with Gasteiger partial charge >= 0.3 is 0 Å². The van der Waals surface area contributed by atoms with Crippen molar-refractivity contribution in [2.24, 2.45) is 17.6 Å². The van der Waals surface area contributed by atoms with Crippen LogP contribution in [0.5, 0.6) is 0 Å². The van der Waals surface area contributed by atoms with Crippen molar-refractivity contribution >= 4 is 11.3 Å². The Kier molecular flexibility index (Phi) is 3.81. The minimum atomic E-state index is 0.466. The van der Waals surface area contributed by atoms with Crippen molar-refractivity contribution in [1.29, 1.82) is 0 Å². The Bertz CT molecular complexity index is 281. The molecule has 0 amide bonds. The van der Waals surface area contributed by atoms with E-state index in [1.54, 1.807) is 11.3 Å². The van der Waals surface area contributed by atoms with E-state index < -0.39 is 0 Å². The summed E-state index contributed by atoms with van der Waals surface area (Å²) < 4.78 is 0. The van der Waals surface area contributed by atoms with Crippen LogP contribution in [0.4, 0.5) is 0 Å². The van der Waals surface area contributed by atoms with E-state index in [0.717, 1.165) is 11.8 Å². The van der Waals surface area contributed by atoms with Crippen molar-refractivity contribution in [3.63, 3.8) is 0 Å². The van der Waals surface area contributed by atoms with Crippen LogP contribution in [0.25, 0.3) is 0 Å². The SMILES string of the molecule is CC1CCC(N)CC1CCc1ccsc1. The van der Waals surface area contributed by atoms with E-state index in [0.29, 0.717) is 6.04 Å². The molecule has 1 saturated carbocycles. The normalized spacial score (nSPS) is 31.7. The number of hydrogen-bond donors (Lipinski definition) is 1. The van der Waals surface area contributed by atoms with Gasteiger partial charge in [0.05, 0.1) is 0 Å². The number of hydrogen-bond acceptors (Lipinski definition) is 2. The fraction of sp³-hybridized carbons (Fsp3) is 0.692. The van der Waals surface area contributed by atoms with Gasteiger partial charge in [-0.1, -0.05) is 6.92 Å². The molecule has 0 spiro atoms. The van der Waals surface area contributed by atoms with Crippen molar-refractivity contribution < 1.29 is 0 Å². The summed E-state index contributed by atoms with van der Waals surface area (Å²) >= 11 is 1.80. The van der Waals surface area contributed by atoms with Crippen molar-refractivity contribution in [3.05, 3.63) is 22.4 Å². The van der Waals surface area contributed by atoms with Gasteiger partial charge in [-0.3, -0.25) is 0 Å². The second kappa shape index (κ2) is 5.13. The molecular weight excluding hydrogens is 202 g/mol. The van der Waals surface area contributed by atoms with Crippen LogP contribution in [-0.4, -0.2) is 6.04 Å². The largest absolute Gasteiger partial charge is 0.328 e. The Morgan fingerprint density at radius 2 is 2.33 bits per heavy atom. The molecule has 2 N–H and O–H groups in total. The zero-order chi connectivity index (χ0) is 10.7. The molecule has 0 aliphatic heterocycles. The monoisotopic (exact) mass is 223 g/mol.